The van der Waals surface area contributed by atoms with Crippen LogP contribution < -0.4 is 34.0 Å². The van der Waals surface area contributed by atoms with Crippen molar-refractivity contribution in [3.8, 4) is 0 Å². The Morgan fingerprint density at radius 1 is 0.750 bits per heavy atom. The highest BCUT2D eigenvalue weighted by atomic mass is 35.5. The lowest BCUT2D eigenvalue weighted by atomic mass is 9.89. The SMILES string of the molecule is O=c1ccc2cc(NC3=C(C=[NH+]c4ccc5oc(=O)ccc5c4)CCc4ccccc43)ccc2o1.[Cl-]. The zero-order chi connectivity index (χ0) is 23.8. The molecule has 2 aromatic heterocycles. The molecule has 0 atom stereocenters. The van der Waals surface area contributed by atoms with Crippen molar-refractivity contribution in [1.29, 1.82) is 0 Å². The molecule has 6 rings (SSSR count). The first-order chi connectivity index (χ1) is 17.1. The summed E-state index contributed by atoms with van der Waals surface area (Å²) in [4.78, 5) is 26.4. The molecule has 0 unspecified atom stereocenters. The van der Waals surface area contributed by atoms with Crippen LogP contribution in [0.15, 0.2) is 109 Å². The van der Waals surface area contributed by atoms with E-state index in [1.165, 1.54) is 17.7 Å². The van der Waals surface area contributed by atoms with Gasteiger partial charge in [0.2, 0.25) is 5.69 Å². The number of benzene rings is 3. The van der Waals surface area contributed by atoms with Crippen LogP contribution in [-0.4, -0.2) is 6.21 Å². The Morgan fingerprint density at radius 3 is 2.22 bits per heavy atom. The highest BCUT2D eigenvalue weighted by Gasteiger charge is 2.20. The molecule has 0 spiro atoms. The topological polar surface area (TPSA) is 86.4 Å². The molecule has 6 nitrogen and oxygen atoms in total. The van der Waals surface area contributed by atoms with E-state index in [0.29, 0.717) is 11.2 Å². The molecule has 0 amide bonds. The van der Waals surface area contributed by atoms with Crippen LogP contribution in [0.25, 0.3) is 27.6 Å². The van der Waals surface area contributed by atoms with Gasteiger partial charge in [0, 0.05) is 51.9 Å². The fraction of sp³-hybridized carbons (Fsp3) is 0.0690. The lowest BCUT2D eigenvalue weighted by Gasteiger charge is -2.22. The highest BCUT2D eigenvalue weighted by Crippen LogP contribution is 2.32. The van der Waals surface area contributed by atoms with Gasteiger partial charge in [-0.2, -0.15) is 0 Å². The smallest absolute Gasteiger partial charge is 0.336 e. The van der Waals surface area contributed by atoms with E-state index in [1.54, 1.807) is 18.2 Å². The van der Waals surface area contributed by atoms with Gasteiger partial charge in [0.15, 0.2) is 6.21 Å². The van der Waals surface area contributed by atoms with Crippen molar-refractivity contribution in [3.63, 3.8) is 0 Å². The van der Waals surface area contributed by atoms with Crippen LogP contribution in [0.5, 0.6) is 0 Å². The maximum Gasteiger partial charge on any atom is 0.336 e. The molecule has 2 heterocycles. The molecule has 5 aromatic rings. The van der Waals surface area contributed by atoms with Crippen molar-refractivity contribution in [1.82, 2.24) is 0 Å². The van der Waals surface area contributed by atoms with E-state index in [4.69, 9.17) is 8.83 Å². The van der Waals surface area contributed by atoms with Crippen molar-refractivity contribution in [2.75, 3.05) is 5.32 Å². The van der Waals surface area contributed by atoms with E-state index in [1.807, 2.05) is 42.6 Å². The summed E-state index contributed by atoms with van der Waals surface area (Å²) in [7, 11) is 0. The van der Waals surface area contributed by atoms with Gasteiger partial charge in [0.25, 0.3) is 0 Å². The number of aryl methyl sites for hydroxylation is 1. The number of fused-ring (bicyclic) bond motifs is 3. The Bertz CT molecular complexity index is 1780. The molecule has 3 aromatic carbocycles. The van der Waals surface area contributed by atoms with Gasteiger partial charge in [0.05, 0.1) is 5.70 Å². The second kappa shape index (κ2) is 9.68. The summed E-state index contributed by atoms with van der Waals surface area (Å²) in [6.07, 6.45) is 3.84. The van der Waals surface area contributed by atoms with Gasteiger partial charge in [-0.15, -0.1) is 0 Å². The highest BCUT2D eigenvalue weighted by molar-refractivity contribution is 5.96. The first kappa shape index (κ1) is 23.3. The van der Waals surface area contributed by atoms with Crippen LogP contribution >= 0.6 is 0 Å². The van der Waals surface area contributed by atoms with E-state index in [0.717, 1.165) is 51.8 Å². The van der Waals surface area contributed by atoms with E-state index in [2.05, 4.69) is 28.5 Å². The summed E-state index contributed by atoms with van der Waals surface area (Å²) in [5, 5.41) is 5.31. The largest absolute Gasteiger partial charge is 1.00 e. The number of hydrogen-bond donors (Lipinski definition) is 2. The van der Waals surface area contributed by atoms with Gasteiger partial charge in [-0.25, -0.2) is 14.6 Å². The Balaban J connectivity index is 0.00000267. The van der Waals surface area contributed by atoms with Crippen LogP contribution in [0, 0.1) is 0 Å². The fourth-order valence-corrected chi connectivity index (χ4v) is 4.47. The monoisotopic (exact) mass is 496 g/mol. The molecule has 7 heteroatoms. The van der Waals surface area contributed by atoms with Gasteiger partial charge in [-0.1, -0.05) is 24.3 Å². The van der Waals surface area contributed by atoms with E-state index < -0.39 is 0 Å². The standard InChI is InChI=1S/C29H20N2O4.ClH/c32-27-13-7-19-15-22(9-11-25(19)34-27)30-17-21-6-5-18-3-1-2-4-24(18)29(21)31-23-10-12-26-20(16-23)8-14-28(33)35-26;/h1-4,7-17,31H,5-6H2;1H. The van der Waals surface area contributed by atoms with Crippen LogP contribution in [-0.2, 0) is 6.42 Å². The van der Waals surface area contributed by atoms with Crippen molar-refractivity contribution in [2.24, 2.45) is 0 Å². The number of rotatable bonds is 4. The minimum absolute atomic E-state index is 0. The summed E-state index contributed by atoms with van der Waals surface area (Å²) < 4.78 is 10.5. The van der Waals surface area contributed by atoms with E-state index in [-0.39, 0.29) is 23.7 Å². The Morgan fingerprint density at radius 2 is 1.44 bits per heavy atom. The first-order valence-corrected chi connectivity index (χ1v) is 11.4. The molecule has 0 bridgehead atoms. The summed E-state index contributed by atoms with van der Waals surface area (Å²) >= 11 is 0. The Kier molecular flexibility index (Phi) is 6.27. The molecule has 0 saturated heterocycles. The average molecular weight is 497 g/mol. The molecule has 0 fully saturated rings. The molecule has 1 aliphatic carbocycles. The van der Waals surface area contributed by atoms with Crippen LogP contribution in [0.2, 0.25) is 0 Å². The molecule has 36 heavy (non-hydrogen) atoms. The lowest BCUT2D eigenvalue weighted by molar-refractivity contribution is -0.347. The summed E-state index contributed by atoms with van der Waals surface area (Å²) in [5.74, 6) is 0. The van der Waals surface area contributed by atoms with Crippen molar-refractivity contribution < 1.29 is 26.2 Å². The van der Waals surface area contributed by atoms with Crippen LogP contribution in [0.3, 0.4) is 0 Å². The maximum atomic E-state index is 11.5. The number of halogens is 1. The van der Waals surface area contributed by atoms with E-state index in [9.17, 15) is 9.59 Å². The quantitative estimate of drug-likeness (QED) is 0.288. The molecule has 0 aliphatic heterocycles. The third-order valence-corrected chi connectivity index (χ3v) is 6.19. The van der Waals surface area contributed by atoms with Crippen molar-refractivity contribution >= 4 is 45.2 Å². The second-order valence-electron chi connectivity index (χ2n) is 8.49. The zero-order valence-electron chi connectivity index (χ0n) is 19.1. The van der Waals surface area contributed by atoms with Gasteiger partial charge >= 0.3 is 11.3 Å². The molecular formula is C29H21ClN2O4. The molecule has 0 saturated carbocycles. The molecule has 1 aliphatic rings. The molecule has 0 radical (unpaired) electrons. The Hall–Kier alpha value is -4.42. The van der Waals surface area contributed by atoms with Gasteiger partial charge in [-0.05, 0) is 54.8 Å². The van der Waals surface area contributed by atoms with Gasteiger partial charge in [0.1, 0.15) is 11.2 Å². The molecular weight excluding hydrogens is 476 g/mol. The molecule has 178 valence electrons. The average Bonchev–Trinajstić information content (AvgIpc) is 2.88. The number of anilines is 1. The van der Waals surface area contributed by atoms with Crippen molar-refractivity contribution in [2.45, 2.75) is 12.8 Å². The van der Waals surface area contributed by atoms with Crippen LogP contribution in [0.4, 0.5) is 11.4 Å². The predicted octanol–water partition coefficient (Wildman–Crippen LogP) is 1.16. The van der Waals surface area contributed by atoms with Gasteiger partial charge in [-0.3, -0.25) is 0 Å². The van der Waals surface area contributed by atoms with Gasteiger partial charge < -0.3 is 26.6 Å². The summed E-state index contributed by atoms with van der Waals surface area (Å²) in [5.41, 5.74) is 6.83. The third-order valence-electron chi connectivity index (χ3n) is 6.19. The number of hydrogen-bond acceptors (Lipinski definition) is 5. The summed E-state index contributed by atoms with van der Waals surface area (Å²) in [6, 6.07) is 26.1. The second-order valence-corrected chi connectivity index (χ2v) is 8.49. The molecule has 2 N–H and O–H groups in total. The summed E-state index contributed by atoms with van der Waals surface area (Å²) in [6.45, 7) is 0. The van der Waals surface area contributed by atoms with Crippen LogP contribution in [0.1, 0.15) is 17.5 Å². The Labute approximate surface area is 212 Å². The fourth-order valence-electron chi connectivity index (χ4n) is 4.47. The minimum atomic E-state index is -0.360. The zero-order valence-corrected chi connectivity index (χ0v) is 19.8. The normalized spacial score (nSPS) is 13.1. The first-order valence-electron chi connectivity index (χ1n) is 11.4. The maximum absolute atomic E-state index is 11.5. The number of allylic oxidation sites excluding steroid dienone is 1. The minimum Gasteiger partial charge on any atom is -1.00 e. The third kappa shape index (κ3) is 4.59. The van der Waals surface area contributed by atoms with E-state index >= 15 is 0 Å². The predicted molar refractivity (Wildman–Crippen MR) is 137 cm³/mol. The lowest BCUT2D eigenvalue weighted by Crippen LogP contribution is -3.00. The van der Waals surface area contributed by atoms with Crippen molar-refractivity contribution in [3.05, 3.63) is 122 Å². The number of nitrogens with one attached hydrogen (secondary N) is 2.